The number of carbonyl (C=O) groups is 2. The van der Waals surface area contributed by atoms with Gasteiger partial charge in [0.2, 0.25) is 0 Å². The fourth-order valence-corrected chi connectivity index (χ4v) is 12.6. The molecule has 4 saturated carbocycles. The summed E-state index contributed by atoms with van der Waals surface area (Å²) >= 11 is 0. The molecule has 0 aromatic rings. The lowest BCUT2D eigenvalue weighted by Crippen LogP contribution is -2.71. The summed E-state index contributed by atoms with van der Waals surface area (Å²) in [6, 6.07) is 0. The van der Waals surface area contributed by atoms with Crippen molar-refractivity contribution in [1.82, 2.24) is 0 Å². The number of allylic oxidation sites excluding steroid dienone is 1. The van der Waals surface area contributed by atoms with Crippen LogP contribution in [0.1, 0.15) is 92.4 Å². The molecule has 12 nitrogen and oxygen atoms in total. The van der Waals surface area contributed by atoms with Crippen molar-refractivity contribution in [3.63, 3.8) is 0 Å². The average Bonchev–Trinajstić information content (AvgIpc) is 3.05. The molecule has 0 radical (unpaired) electrons. The zero-order valence-electron chi connectivity index (χ0n) is 29.8. The van der Waals surface area contributed by atoms with E-state index < -0.39 is 88.5 Å². The Morgan fingerprint density at radius 3 is 2.18 bits per heavy atom. The van der Waals surface area contributed by atoms with Gasteiger partial charge in [-0.15, -0.1) is 0 Å². The van der Waals surface area contributed by atoms with Crippen LogP contribution in [0.5, 0.6) is 0 Å². The fourth-order valence-electron chi connectivity index (χ4n) is 12.6. The molecule has 0 bridgehead atoms. The number of hydrogen-bond donors (Lipinski definition) is 7. The number of carbonyl (C=O) groups excluding carboxylic acids is 1. The van der Waals surface area contributed by atoms with E-state index in [4.69, 9.17) is 14.2 Å². The van der Waals surface area contributed by atoms with Gasteiger partial charge in [-0.1, -0.05) is 39.3 Å². The molecule has 49 heavy (non-hydrogen) atoms. The molecule has 5 fully saturated rings. The third-order valence-corrected chi connectivity index (χ3v) is 15.3. The zero-order valence-corrected chi connectivity index (χ0v) is 29.8. The summed E-state index contributed by atoms with van der Waals surface area (Å²) in [4.78, 5) is 27.0. The molecule has 7 N–H and O–H groups in total. The highest BCUT2D eigenvalue weighted by atomic mass is 16.7. The largest absolute Gasteiger partial charge is 0.481 e. The minimum atomic E-state index is -1.71. The SMILES string of the molecule is COC(=O)[C@@]1(C)[C@@H]2CC[C@]3(C)[C@H](CC=C4[C@@H]5CC(C)(C)CC[C@]5(C(=O)O)CC[C@]43CO)[C@@]2(C)C[C@H](O)[C@@H]1O[C@@H]1O[C@H](CO)[C@@H](O)[C@H](O)[C@H]1O. The van der Waals surface area contributed by atoms with Crippen LogP contribution in [0, 0.1) is 50.2 Å². The molecule has 278 valence electrons. The standard InChI is InChI=1S/C37H58O12/c1-32(2)11-12-36(30(44)45)13-14-37(18-39)19(20(36)15-32)7-8-23-33(3)16-21(40)28(49-29-27(43)26(42)25(41)22(17-38)48-29)35(5,31(46)47-6)24(33)9-10-34(23,37)4/h7,20-29,38-43H,8-18H2,1-6H3,(H,44,45)/t20-,21-,22+,23+,24+,25+,26-,27+,28-,29-,33+,34+,35-,36-,37-/m0/s1. The molecule has 1 heterocycles. The number of esters is 1. The monoisotopic (exact) mass is 694 g/mol. The van der Waals surface area contributed by atoms with Crippen molar-refractivity contribution < 1.29 is 59.5 Å². The minimum Gasteiger partial charge on any atom is -0.481 e. The lowest BCUT2D eigenvalue weighted by molar-refractivity contribution is -0.341. The van der Waals surface area contributed by atoms with Crippen molar-refractivity contribution in [3.05, 3.63) is 11.6 Å². The number of aliphatic hydroxyl groups is 6. The van der Waals surface area contributed by atoms with Crippen molar-refractivity contribution >= 4 is 11.9 Å². The van der Waals surface area contributed by atoms with Crippen LogP contribution in [-0.2, 0) is 23.8 Å². The summed E-state index contributed by atoms with van der Waals surface area (Å²) < 4.78 is 17.3. The van der Waals surface area contributed by atoms with E-state index in [1.54, 1.807) is 6.92 Å². The van der Waals surface area contributed by atoms with Gasteiger partial charge in [0.05, 0.1) is 37.3 Å². The highest BCUT2D eigenvalue weighted by Crippen LogP contribution is 2.76. The number of aliphatic carboxylic acids is 1. The first kappa shape index (κ1) is 37.1. The number of aliphatic hydroxyl groups excluding tert-OH is 6. The summed E-state index contributed by atoms with van der Waals surface area (Å²) in [6.45, 7) is 9.68. The predicted molar refractivity (Wildman–Crippen MR) is 174 cm³/mol. The molecule has 0 amide bonds. The van der Waals surface area contributed by atoms with Gasteiger partial charge in [0, 0.05) is 5.41 Å². The predicted octanol–water partition coefficient (Wildman–Crippen LogP) is 2.15. The Hall–Kier alpha value is -1.64. The number of fused-ring (bicyclic) bond motifs is 7. The molecule has 1 saturated heterocycles. The molecular formula is C37H58O12. The normalized spacial score (nSPS) is 52.0. The molecule has 12 heteroatoms. The lowest BCUT2D eigenvalue weighted by Gasteiger charge is -2.71. The summed E-state index contributed by atoms with van der Waals surface area (Å²) in [7, 11) is 1.28. The molecule has 6 rings (SSSR count). The highest BCUT2D eigenvalue weighted by Gasteiger charge is 2.73. The fraction of sp³-hybridized carbons (Fsp3) is 0.892. The molecule has 0 aromatic carbocycles. The third kappa shape index (κ3) is 4.98. The van der Waals surface area contributed by atoms with E-state index in [0.29, 0.717) is 38.5 Å². The Balaban J connectivity index is 1.40. The second-order valence-corrected chi connectivity index (χ2v) is 17.9. The van der Waals surface area contributed by atoms with Crippen LogP contribution in [-0.4, -0.2) is 111 Å². The summed E-state index contributed by atoms with van der Waals surface area (Å²) in [5, 5.41) is 75.4. The maximum Gasteiger partial charge on any atom is 0.314 e. The van der Waals surface area contributed by atoms with Gasteiger partial charge in [0.25, 0.3) is 0 Å². The van der Waals surface area contributed by atoms with E-state index in [9.17, 15) is 45.3 Å². The number of ether oxygens (including phenoxy) is 3. The van der Waals surface area contributed by atoms with Crippen LogP contribution < -0.4 is 0 Å². The number of methoxy groups -OCH3 is 1. The average molecular weight is 695 g/mol. The molecular weight excluding hydrogens is 636 g/mol. The maximum atomic E-state index is 14.0. The summed E-state index contributed by atoms with van der Waals surface area (Å²) in [5.41, 5.74) is -3.02. The number of hydrogen-bond acceptors (Lipinski definition) is 11. The van der Waals surface area contributed by atoms with Gasteiger partial charge in [-0.2, -0.15) is 0 Å². The van der Waals surface area contributed by atoms with Gasteiger partial charge in [-0.3, -0.25) is 9.59 Å². The van der Waals surface area contributed by atoms with Crippen molar-refractivity contribution in [2.75, 3.05) is 20.3 Å². The van der Waals surface area contributed by atoms with Gasteiger partial charge < -0.3 is 50.0 Å². The molecule has 15 atom stereocenters. The highest BCUT2D eigenvalue weighted by molar-refractivity contribution is 5.78. The van der Waals surface area contributed by atoms with Crippen LogP contribution >= 0.6 is 0 Å². The van der Waals surface area contributed by atoms with Crippen molar-refractivity contribution in [2.45, 2.75) is 135 Å². The van der Waals surface area contributed by atoms with E-state index in [0.717, 1.165) is 18.4 Å². The van der Waals surface area contributed by atoms with Gasteiger partial charge in [0.15, 0.2) is 6.29 Å². The summed E-state index contributed by atoms with van der Waals surface area (Å²) in [6.07, 6.45) is -2.79. The molecule has 0 spiro atoms. The molecule has 5 aliphatic carbocycles. The van der Waals surface area contributed by atoms with Crippen molar-refractivity contribution in [1.29, 1.82) is 0 Å². The first-order valence-corrected chi connectivity index (χ1v) is 18.1. The Morgan fingerprint density at radius 2 is 1.57 bits per heavy atom. The van der Waals surface area contributed by atoms with E-state index in [-0.39, 0.29) is 36.2 Å². The van der Waals surface area contributed by atoms with E-state index in [1.807, 2.05) is 0 Å². The van der Waals surface area contributed by atoms with E-state index in [2.05, 4.69) is 33.8 Å². The molecule has 0 aromatic heterocycles. The molecule has 1 aliphatic heterocycles. The van der Waals surface area contributed by atoms with Crippen LogP contribution in [0.3, 0.4) is 0 Å². The number of carboxylic acids is 1. The van der Waals surface area contributed by atoms with Gasteiger partial charge >= 0.3 is 11.9 Å². The lowest BCUT2D eigenvalue weighted by atomic mass is 9.33. The topological polar surface area (TPSA) is 203 Å². The first-order chi connectivity index (χ1) is 22.8. The van der Waals surface area contributed by atoms with Crippen LogP contribution in [0.25, 0.3) is 0 Å². The summed E-state index contributed by atoms with van der Waals surface area (Å²) in [5.74, 6) is -2.00. The number of carboxylic acid groups (broad SMARTS) is 1. The Morgan fingerprint density at radius 1 is 0.898 bits per heavy atom. The van der Waals surface area contributed by atoms with Gasteiger partial charge in [-0.05, 0) is 98.7 Å². The van der Waals surface area contributed by atoms with Crippen molar-refractivity contribution in [3.8, 4) is 0 Å². The minimum absolute atomic E-state index is 0.0316. The van der Waals surface area contributed by atoms with Crippen LogP contribution in [0.4, 0.5) is 0 Å². The second-order valence-electron chi connectivity index (χ2n) is 17.9. The Bertz CT molecular complexity index is 1350. The van der Waals surface area contributed by atoms with Crippen LogP contribution in [0.15, 0.2) is 11.6 Å². The third-order valence-electron chi connectivity index (χ3n) is 15.3. The van der Waals surface area contributed by atoms with Crippen LogP contribution in [0.2, 0.25) is 0 Å². The van der Waals surface area contributed by atoms with Gasteiger partial charge in [-0.25, -0.2) is 0 Å². The van der Waals surface area contributed by atoms with E-state index >= 15 is 0 Å². The molecule has 0 unspecified atom stereocenters. The second kappa shape index (κ2) is 12.2. The maximum absolute atomic E-state index is 14.0. The van der Waals surface area contributed by atoms with E-state index in [1.165, 1.54) is 7.11 Å². The molecule has 6 aliphatic rings. The Kier molecular flexibility index (Phi) is 9.26. The van der Waals surface area contributed by atoms with Gasteiger partial charge in [0.1, 0.15) is 30.5 Å². The quantitative estimate of drug-likeness (QED) is 0.122. The smallest absolute Gasteiger partial charge is 0.314 e. The number of rotatable bonds is 6. The zero-order chi connectivity index (χ0) is 36.1. The first-order valence-electron chi connectivity index (χ1n) is 18.1. The van der Waals surface area contributed by atoms with Crippen molar-refractivity contribution in [2.24, 2.45) is 50.2 Å². The Labute approximate surface area is 288 Å².